The van der Waals surface area contributed by atoms with Crippen molar-refractivity contribution in [2.45, 2.75) is 38.6 Å². The molecule has 0 bridgehead atoms. The Morgan fingerprint density at radius 2 is 2.15 bits per heavy atom. The lowest BCUT2D eigenvalue weighted by atomic mass is 10.1. The zero-order chi connectivity index (χ0) is 14.4. The van der Waals surface area contributed by atoms with Crippen LogP contribution in [0.25, 0.3) is 0 Å². The maximum atomic E-state index is 12.0. The summed E-state index contributed by atoms with van der Waals surface area (Å²) in [5.41, 5.74) is 6.99. The van der Waals surface area contributed by atoms with E-state index in [1.807, 2.05) is 29.2 Å². The van der Waals surface area contributed by atoms with Crippen LogP contribution in [0.3, 0.4) is 0 Å². The van der Waals surface area contributed by atoms with Gasteiger partial charge in [-0.15, -0.1) is 0 Å². The number of nitrogens with zero attached hydrogens (tertiary/aromatic N) is 1. The van der Waals surface area contributed by atoms with E-state index in [1.165, 1.54) is 5.56 Å². The molecule has 0 unspecified atom stereocenters. The van der Waals surface area contributed by atoms with E-state index in [9.17, 15) is 4.79 Å². The average molecular weight is 276 g/mol. The number of carbonyl (C=O) groups is 1. The van der Waals surface area contributed by atoms with Crippen molar-refractivity contribution < 1.29 is 9.53 Å². The van der Waals surface area contributed by atoms with Gasteiger partial charge in [0.2, 0.25) is 5.91 Å². The minimum absolute atomic E-state index is 0.161. The monoisotopic (exact) mass is 276 g/mol. The first-order valence-electron chi connectivity index (χ1n) is 7.44. The van der Waals surface area contributed by atoms with Crippen LogP contribution in [0.4, 0.5) is 0 Å². The number of aryl methyl sites for hydroxylation is 1. The van der Waals surface area contributed by atoms with Crippen LogP contribution >= 0.6 is 0 Å². The first-order chi connectivity index (χ1) is 9.69. The lowest BCUT2D eigenvalue weighted by molar-refractivity contribution is -0.130. The molecule has 1 aliphatic heterocycles. The SMILES string of the molecule is CCCOc1ccc(CCC(=O)N2CC[C@@H](N)C2)cc1. The molecular formula is C16H24N2O2. The van der Waals surface area contributed by atoms with Crippen LogP contribution in [0.1, 0.15) is 31.7 Å². The van der Waals surface area contributed by atoms with E-state index in [4.69, 9.17) is 10.5 Å². The molecule has 2 rings (SSSR count). The number of rotatable bonds is 6. The Balaban J connectivity index is 1.77. The van der Waals surface area contributed by atoms with Gasteiger partial charge in [0.15, 0.2) is 0 Å². The van der Waals surface area contributed by atoms with Gasteiger partial charge in [0.05, 0.1) is 6.61 Å². The number of hydrogen-bond acceptors (Lipinski definition) is 3. The van der Waals surface area contributed by atoms with Crippen molar-refractivity contribution in [3.63, 3.8) is 0 Å². The molecule has 1 atom stereocenters. The smallest absolute Gasteiger partial charge is 0.222 e. The summed E-state index contributed by atoms with van der Waals surface area (Å²) in [7, 11) is 0. The molecule has 0 spiro atoms. The molecule has 1 amide bonds. The molecule has 1 aromatic carbocycles. The average Bonchev–Trinajstić information content (AvgIpc) is 2.90. The summed E-state index contributed by atoms with van der Waals surface area (Å²) in [5, 5.41) is 0. The summed E-state index contributed by atoms with van der Waals surface area (Å²) in [6, 6.07) is 8.18. The maximum Gasteiger partial charge on any atom is 0.222 e. The molecule has 1 fully saturated rings. The third-order valence-corrected chi connectivity index (χ3v) is 3.60. The number of ether oxygens (including phenoxy) is 1. The second-order valence-corrected chi connectivity index (χ2v) is 5.38. The zero-order valence-corrected chi connectivity index (χ0v) is 12.2. The van der Waals surface area contributed by atoms with E-state index in [0.717, 1.165) is 38.2 Å². The van der Waals surface area contributed by atoms with Crippen LogP contribution < -0.4 is 10.5 Å². The Hall–Kier alpha value is -1.55. The fourth-order valence-corrected chi connectivity index (χ4v) is 2.40. The third-order valence-electron chi connectivity index (χ3n) is 3.60. The van der Waals surface area contributed by atoms with E-state index >= 15 is 0 Å². The summed E-state index contributed by atoms with van der Waals surface area (Å²) in [6.07, 6.45) is 3.27. The predicted octanol–water partition coefficient (Wildman–Crippen LogP) is 1.97. The minimum atomic E-state index is 0.161. The summed E-state index contributed by atoms with van der Waals surface area (Å²) >= 11 is 0. The van der Waals surface area contributed by atoms with Gasteiger partial charge in [0, 0.05) is 25.6 Å². The molecule has 0 aliphatic carbocycles. The number of benzene rings is 1. The molecule has 2 N–H and O–H groups in total. The van der Waals surface area contributed by atoms with Gasteiger partial charge in [-0.2, -0.15) is 0 Å². The highest BCUT2D eigenvalue weighted by Crippen LogP contribution is 2.15. The van der Waals surface area contributed by atoms with Gasteiger partial charge in [-0.05, 0) is 37.0 Å². The van der Waals surface area contributed by atoms with E-state index < -0.39 is 0 Å². The normalized spacial score (nSPS) is 18.3. The van der Waals surface area contributed by atoms with Crippen LogP contribution in [-0.2, 0) is 11.2 Å². The van der Waals surface area contributed by atoms with Gasteiger partial charge in [-0.1, -0.05) is 19.1 Å². The van der Waals surface area contributed by atoms with E-state index in [1.54, 1.807) is 0 Å². The van der Waals surface area contributed by atoms with Crippen molar-refractivity contribution in [2.24, 2.45) is 5.73 Å². The Morgan fingerprint density at radius 3 is 2.75 bits per heavy atom. The predicted molar refractivity (Wildman–Crippen MR) is 79.7 cm³/mol. The second-order valence-electron chi connectivity index (χ2n) is 5.38. The first-order valence-corrected chi connectivity index (χ1v) is 7.44. The Morgan fingerprint density at radius 1 is 1.40 bits per heavy atom. The van der Waals surface area contributed by atoms with E-state index in [2.05, 4.69) is 6.92 Å². The van der Waals surface area contributed by atoms with Crippen molar-refractivity contribution in [3.8, 4) is 5.75 Å². The van der Waals surface area contributed by atoms with Gasteiger partial charge in [-0.25, -0.2) is 0 Å². The topological polar surface area (TPSA) is 55.6 Å². The van der Waals surface area contributed by atoms with Crippen molar-refractivity contribution in [3.05, 3.63) is 29.8 Å². The third kappa shape index (κ3) is 4.23. The van der Waals surface area contributed by atoms with Gasteiger partial charge >= 0.3 is 0 Å². The summed E-state index contributed by atoms with van der Waals surface area (Å²) < 4.78 is 5.54. The summed E-state index contributed by atoms with van der Waals surface area (Å²) in [6.45, 7) is 4.35. The fraction of sp³-hybridized carbons (Fsp3) is 0.562. The molecule has 1 heterocycles. The molecule has 1 saturated heterocycles. The molecule has 4 heteroatoms. The largest absolute Gasteiger partial charge is 0.494 e. The van der Waals surface area contributed by atoms with Crippen molar-refractivity contribution in [1.29, 1.82) is 0 Å². The molecule has 0 radical (unpaired) electrons. The number of amides is 1. The molecule has 0 saturated carbocycles. The Labute approximate surface area is 120 Å². The fourth-order valence-electron chi connectivity index (χ4n) is 2.40. The Bertz CT molecular complexity index is 431. The van der Waals surface area contributed by atoms with Crippen LogP contribution in [0.15, 0.2) is 24.3 Å². The van der Waals surface area contributed by atoms with Crippen molar-refractivity contribution >= 4 is 5.91 Å². The quantitative estimate of drug-likeness (QED) is 0.864. The van der Waals surface area contributed by atoms with Gasteiger partial charge < -0.3 is 15.4 Å². The van der Waals surface area contributed by atoms with E-state index in [-0.39, 0.29) is 11.9 Å². The standard InChI is InChI=1S/C16H24N2O2/c1-2-11-20-15-6-3-13(4-7-15)5-8-16(19)18-10-9-14(17)12-18/h3-4,6-7,14H,2,5,8-12,17H2,1H3/t14-/m1/s1. The molecule has 1 aliphatic rings. The lowest BCUT2D eigenvalue weighted by Crippen LogP contribution is -2.31. The van der Waals surface area contributed by atoms with E-state index in [0.29, 0.717) is 13.0 Å². The molecule has 4 nitrogen and oxygen atoms in total. The molecule has 0 aromatic heterocycles. The number of hydrogen-bond donors (Lipinski definition) is 1. The second kappa shape index (κ2) is 7.29. The molecular weight excluding hydrogens is 252 g/mol. The van der Waals surface area contributed by atoms with Crippen LogP contribution in [0, 0.1) is 0 Å². The van der Waals surface area contributed by atoms with Crippen LogP contribution in [-0.4, -0.2) is 36.5 Å². The maximum absolute atomic E-state index is 12.0. The van der Waals surface area contributed by atoms with Gasteiger partial charge in [0.1, 0.15) is 5.75 Å². The molecule has 20 heavy (non-hydrogen) atoms. The number of carbonyl (C=O) groups excluding carboxylic acids is 1. The van der Waals surface area contributed by atoms with Crippen molar-refractivity contribution in [1.82, 2.24) is 4.90 Å². The highest BCUT2D eigenvalue weighted by molar-refractivity contribution is 5.76. The lowest BCUT2D eigenvalue weighted by Gasteiger charge is -2.15. The molecule has 110 valence electrons. The van der Waals surface area contributed by atoms with Crippen LogP contribution in [0.5, 0.6) is 5.75 Å². The van der Waals surface area contributed by atoms with Gasteiger partial charge in [0.25, 0.3) is 0 Å². The van der Waals surface area contributed by atoms with Crippen LogP contribution in [0.2, 0.25) is 0 Å². The van der Waals surface area contributed by atoms with Crippen molar-refractivity contribution in [2.75, 3.05) is 19.7 Å². The number of nitrogens with two attached hydrogens (primary N) is 1. The number of likely N-dealkylation sites (tertiary alicyclic amines) is 1. The molecule has 1 aromatic rings. The summed E-state index contributed by atoms with van der Waals surface area (Å²) in [5.74, 6) is 1.11. The first kappa shape index (κ1) is 14.9. The highest BCUT2D eigenvalue weighted by atomic mass is 16.5. The zero-order valence-electron chi connectivity index (χ0n) is 12.2. The highest BCUT2D eigenvalue weighted by Gasteiger charge is 2.22. The van der Waals surface area contributed by atoms with Gasteiger partial charge in [-0.3, -0.25) is 4.79 Å². The Kier molecular flexibility index (Phi) is 5.41. The summed E-state index contributed by atoms with van der Waals surface area (Å²) in [4.78, 5) is 13.9. The minimum Gasteiger partial charge on any atom is -0.494 e.